The van der Waals surface area contributed by atoms with E-state index in [-0.39, 0.29) is 0 Å². The number of allylic oxidation sites excluding steroid dienone is 4. The van der Waals surface area contributed by atoms with Gasteiger partial charge in [0.1, 0.15) is 0 Å². The van der Waals surface area contributed by atoms with E-state index in [0.717, 1.165) is 30.9 Å². The van der Waals surface area contributed by atoms with Crippen molar-refractivity contribution in [2.24, 2.45) is 11.7 Å². The van der Waals surface area contributed by atoms with Crippen molar-refractivity contribution in [3.8, 4) is 0 Å². The van der Waals surface area contributed by atoms with Crippen molar-refractivity contribution >= 4 is 12.6 Å². The first-order chi connectivity index (χ1) is 7.22. The summed E-state index contributed by atoms with van der Waals surface area (Å²) in [6, 6.07) is 0. The van der Waals surface area contributed by atoms with Crippen molar-refractivity contribution in [3.05, 3.63) is 22.8 Å². The lowest BCUT2D eigenvalue weighted by atomic mass is 9.89. The molecule has 0 aliphatic heterocycles. The second kappa shape index (κ2) is 7.00. The minimum absolute atomic E-state index is 0.723. The highest BCUT2D eigenvalue weighted by Crippen LogP contribution is 2.28. The Morgan fingerprint density at radius 2 is 2.47 bits per heavy atom. The van der Waals surface area contributed by atoms with Gasteiger partial charge in [-0.25, -0.2) is 0 Å². The smallest absolute Gasteiger partial charge is 0.00428 e. The number of rotatable bonds is 5. The Labute approximate surface area is 99.2 Å². The summed E-state index contributed by atoms with van der Waals surface area (Å²) in [7, 11) is 0. The molecule has 1 aliphatic rings. The maximum Gasteiger partial charge on any atom is 0.00428 e. The Bertz CT molecular complexity index is 243. The van der Waals surface area contributed by atoms with Gasteiger partial charge in [-0.15, -0.1) is 12.6 Å². The summed E-state index contributed by atoms with van der Waals surface area (Å²) in [6.45, 7) is 2.22. The molecule has 86 valence electrons. The van der Waals surface area contributed by atoms with Crippen LogP contribution in [0.25, 0.3) is 0 Å². The van der Waals surface area contributed by atoms with E-state index in [0.29, 0.717) is 0 Å². The molecule has 2 N–H and O–H groups in total. The number of unbranched alkanes of at least 4 members (excludes halogenated alkanes) is 2. The summed E-state index contributed by atoms with van der Waals surface area (Å²) >= 11 is 4.54. The number of hydrogen-bond donors (Lipinski definition) is 2. The predicted molar refractivity (Wildman–Crippen MR) is 70.8 cm³/mol. The molecule has 1 rings (SSSR count). The van der Waals surface area contributed by atoms with Crippen LogP contribution in [0.5, 0.6) is 0 Å². The van der Waals surface area contributed by atoms with E-state index in [1.807, 2.05) is 0 Å². The molecular formula is C13H23NS. The Morgan fingerprint density at radius 3 is 3.13 bits per heavy atom. The largest absolute Gasteiger partial charge is 0.402 e. The molecule has 0 fully saturated rings. The van der Waals surface area contributed by atoms with Crippen LogP contribution in [-0.4, -0.2) is 0 Å². The van der Waals surface area contributed by atoms with Gasteiger partial charge in [0.15, 0.2) is 0 Å². The second-order valence-corrected chi connectivity index (χ2v) is 5.04. The first-order valence-corrected chi connectivity index (χ1v) is 6.49. The zero-order chi connectivity index (χ0) is 11.1. The van der Waals surface area contributed by atoms with Gasteiger partial charge in [0.05, 0.1) is 0 Å². The zero-order valence-corrected chi connectivity index (χ0v) is 10.6. The number of hydrogen-bond acceptors (Lipinski definition) is 2. The van der Waals surface area contributed by atoms with E-state index in [1.165, 1.54) is 30.6 Å². The minimum atomic E-state index is 0.723. The van der Waals surface area contributed by atoms with Gasteiger partial charge in [-0.1, -0.05) is 31.9 Å². The number of nitrogens with two attached hydrogens (primary N) is 1. The fourth-order valence-corrected chi connectivity index (χ4v) is 2.44. The topological polar surface area (TPSA) is 26.0 Å². The Balaban J connectivity index is 2.28. The molecule has 0 heterocycles. The average Bonchev–Trinajstić information content (AvgIpc) is 2.18. The van der Waals surface area contributed by atoms with Gasteiger partial charge in [-0.3, -0.25) is 0 Å². The maximum absolute atomic E-state index is 5.84. The highest BCUT2D eigenvalue weighted by atomic mass is 32.1. The van der Waals surface area contributed by atoms with Crippen LogP contribution < -0.4 is 5.73 Å². The summed E-state index contributed by atoms with van der Waals surface area (Å²) in [5, 5.41) is 0. The molecule has 0 aromatic rings. The molecule has 0 aromatic heterocycles. The van der Waals surface area contributed by atoms with Gasteiger partial charge in [0.25, 0.3) is 0 Å². The Hall–Kier alpha value is -0.370. The van der Waals surface area contributed by atoms with E-state index in [2.05, 4.69) is 31.7 Å². The molecule has 1 aliphatic carbocycles. The molecule has 0 bridgehead atoms. The van der Waals surface area contributed by atoms with Crippen molar-refractivity contribution < 1.29 is 0 Å². The van der Waals surface area contributed by atoms with Crippen molar-refractivity contribution in [1.29, 1.82) is 0 Å². The summed E-state index contributed by atoms with van der Waals surface area (Å²) in [5.41, 5.74) is 6.91. The third-order valence-electron chi connectivity index (χ3n) is 2.94. The Morgan fingerprint density at radius 1 is 1.67 bits per heavy atom. The lowest BCUT2D eigenvalue weighted by molar-refractivity contribution is 0.466. The van der Waals surface area contributed by atoms with Crippen LogP contribution in [0, 0.1) is 5.92 Å². The van der Waals surface area contributed by atoms with Crippen LogP contribution in [-0.2, 0) is 0 Å². The van der Waals surface area contributed by atoms with Crippen molar-refractivity contribution in [3.63, 3.8) is 0 Å². The summed E-state index contributed by atoms with van der Waals surface area (Å²) < 4.78 is 0. The lowest BCUT2D eigenvalue weighted by Gasteiger charge is -2.20. The summed E-state index contributed by atoms with van der Waals surface area (Å²) in [6.07, 6.45) is 12.7. The fourth-order valence-electron chi connectivity index (χ4n) is 2.05. The van der Waals surface area contributed by atoms with E-state index < -0.39 is 0 Å². The average molecular weight is 225 g/mol. The quantitative estimate of drug-likeness (QED) is 0.536. The SMILES string of the molecule is CCCC/C=C(/S)CC1CCC=C(N)C1. The van der Waals surface area contributed by atoms with Crippen molar-refractivity contribution in [1.82, 2.24) is 0 Å². The van der Waals surface area contributed by atoms with E-state index >= 15 is 0 Å². The molecule has 0 radical (unpaired) electrons. The molecule has 1 nitrogen and oxygen atoms in total. The van der Waals surface area contributed by atoms with Crippen molar-refractivity contribution in [2.75, 3.05) is 0 Å². The predicted octanol–water partition coefficient (Wildman–Crippen LogP) is 4.02. The molecule has 1 unspecified atom stereocenters. The van der Waals surface area contributed by atoms with Gasteiger partial charge >= 0.3 is 0 Å². The third-order valence-corrected chi connectivity index (χ3v) is 3.31. The van der Waals surface area contributed by atoms with Gasteiger partial charge in [0, 0.05) is 5.70 Å². The van der Waals surface area contributed by atoms with E-state index in [4.69, 9.17) is 5.73 Å². The molecule has 0 saturated heterocycles. The van der Waals surface area contributed by atoms with Crippen LogP contribution in [0.15, 0.2) is 22.8 Å². The molecule has 2 heteroatoms. The van der Waals surface area contributed by atoms with Gasteiger partial charge in [0.2, 0.25) is 0 Å². The highest BCUT2D eigenvalue weighted by molar-refractivity contribution is 7.84. The third kappa shape index (κ3) is 5.31. The number of thiol groups is 1. The van der Waals surface area contributed by atoms with Gasteiger partial charge < -0.3 is 5.73 Å². The van der Waals surface area contributed by atoms with E-state index in [9.17, 15) is 0 Å². The first-order valence-electron chi connectivity index (χ1n) is 6.05. The van der Waals surface area contributed by atoms with Crippen molar-refractivity contribution in [2.45, 2.75) is 51.9 Å². The van der Waals surface area contributed by atoms with E-state index in [1.54, 1.807) is 0 Å². The fraction of sp³-hybridized carbons (Fsp3) is 0.692. The summed E-state index contributed by atoms with van der Waals surface area (Å²) in [5.74, 6) is 0.723. The molecular weight excluding hydrogens is 202 g/mol. The Kier molecular flexibility index (Phi) is 5.92. The minimum Gasteiger partial charge on any atom is -0.402 e. The second-order valence-electron chi connectivity index (χ2n) is 4.47. The van der Waals surface area contributed by atoms with Crippen LogP contribution in [0.1, 0.15) is 51.9 Å². The molecule has 0 aromatic carbocycles. The monoisotopic (exact) mass is 225 g/mol. The van der Waals surface area contributed by atoms with Crippen LogP contribution >= 0.6 is 12.6 Å². The molecule has 0 saturated carbocycles. The summed E-state index contributed by atoms with van der Waals surface area (Å²) in [4.78, 5) is 1.25. The first kappa shape index (κ1) is 12.7. The molecule has 1 atom stereocenters. The molecule has 0 amide bonds. The van der Waals surface area contributed by atoms with Crippen LogP contribution in [0.2, 0.25) is 0 Å². The highest BCUT2D eigenvalue weighted by Gasteiger charge is 2.14. The molecule has 0 spiro atoms. The maximum atomic E-state index is 5.84. The standard InChI is InChI=1S/C13H23NS/c1-2-3-4-8-13(15)10-11-6-5-7-12(14)9-11/h7-8,11,15H,2-6,9-10,14H2,1H3/b13-8+. The van der Waals surface area contributed by atoms with Crippen LogP contribution in [0.4, 0.5) is 0 Å². The van der Waals surface area contributed by atoms with Crippen LogP contribution in [0.3, 0.4) is 0 Å². The normalized spacial score (nSPS) is 22.7. The van der Waals surface area contributed by atoms with Gasteiger partial charge in [-0.2, -0.15) is 0 Å². The van der Waals surface area contributed by atoms with Gasteiger partial charge in [-0.05, 0) is 42.9 Å². The zero-order valence-electron chi connectivity index (χ0n) is 9.71. The molecule has 15 heavy (non-hydrogen) atoms. The lowest BCUT2D eigenvalue weighted by Crippen LogP contribution is -2.11.